The van der Waals surface area contributed by atoms with Crippen molar-refractivity contribution in [2.24, 2.45) is 0 Å². The van der Waals surface area contributed by atoms with Crippen molar-refractivity contribution in [3.63, 3.8) is 0 Å². The van der Waals surface area contributed by atoms with E-state index in [2.05, 4.69) is 50.5 Å². The molecular formula is C62H44Cl2F6N14O7. The number of halogens is 8. The fraction of sp³-hybridized carbons (Fsp3) is 0.161. The smallest absolute Gasteiger partial charge is 0.346 e. The molecule has 91 heavy (non-hydrogen) atoms. The second-order valence-corrected chi connectivity index (χ2v) is 20.9. The fourth-order valence-electron chi connectivity index (χ4n) is 9.83. The van der Waals surface area contributed by atoms with E-state index in [0.29, 0.717) is 32.8 Å². The van der Waals surface area contributed by atoms with Gasteiger partial charge in [-0.15, -0.1) is 10.2 Å². The van der Waals surface area contributed by atoms with Crippen molar-refractivity contribution < 1.29 is 59.6 Å². The largest absolute Gasteiger partial charge is 0.473 e. The number of pyridine rings is 4. The molecule has 8 heterocycles. The molecule has 0 aliphatic rings. The number of ether oxygens (including phenoxy) is 5. The summed E-state index contributed by atoms with van der Waals surface area (Å²) >= 11 is 12.9. The third-order valence-electron chi connectivity index (χ3n) is 14.4. The molecule has 0 bridgehead atoms. The molecule has 0 unspecified atom stereocenters. The second kappa shape index (κ2) is 26.3. The summed E-state index contributed by atoms with van der Waals surface area (Å²) in [6.07, 6.45) is 8.00. The normalized spacial score (nSPS) is 11.5. The lowest BCUT2D eigenvalue weighted by Gasteiger charge is -2.13. The molecule has 21 nitrogen and oxygen atoms in total. The van der Waals surface area contributed by atoms with E-state index in [1.807, 2.05) is 0 Å². The number of imidazole rings is 2. The number of methoxy groups -OCH3 is 2. The molecule has 8 aromatic heterocycles. The van der Waals surface area contributed by atoms with Crippen LogP contribution < -0.4 is 9.47 Å². The number of carbonyl (C=O) groups excluding carboxylic acids is 2. The summed E-state index contributed by atoms with van der Waals surface area (Å²) in [7, 11) is 2.86. The predicted octanol–water partition coefficient (Wildman–Crippen LogP) is 11.2. The highest BCUT2D eigenvalue weighted by Crippen LogP contribution is 2.34. The van der Waals surface area contributed by atoms with Crippen molar-refractivity contribution in [3.8, 4) is 45.9 Å². The fourth-order valence-corrected chi connectivity index (χ4v) is 10.2. The molecule has 0 spiro atoms. The number of carbonyl (C=O) groups is 2. The van der Waals surface area contributed by atoms with E-state index in [1.165, 1.54) is 130 Å². The molecule has 12 rings (SSSR count). The molecule has 0 fully saturated rings. The first-order chi connectivity index (χ1) is 44.1. The molecule has 4 aromatic carbocycles. The zero-order chi connectivity index (χ0) is 63.4. The van der Waals surface area contributed by atoms with Gasteiger partial charge in [-0.3, -0.25) is 0 Å². The van der Waals surface area contributed by atoms with Crippen LogP contribution in [0.1, 0.15) is 54.6 Å². The van der Waals surface area contributed by atoms with Gasteiger partial charge in [0.2, 0.25) is 11.8 Å². The molecule has 29 heteroatoms. The van der Waals surface area contributed by atoms with Gasteiger partial charge >= 0.3 is 11.9 Å². The van der Waals surface area contributed by atoms with Crippen molar-refractivity contribution in [2.75, 3.05) is 27.4 Å². The lowest BCUT2D eigenvalue weighted by atomic mass is 10.0. The maximum Gasteiger partial charge on any atom is 0.346 e. The van der Waals surface area contributed by atoms with Crippen LogP contribution in [0.3, 0.4) is 0 Å². The van der Waals surface area contributed by atoms with E-state index in [4.69, 9.17) is 46.9 Å². The quantitative estimate of drug-likeness (QED) is 0.0266. The SMILES string of the molecule is COCCn1c(Cc2c(F)cc(-c3cccc(OCc4cnc(-n5ccnn5)cc4Cl)n3)c(F)c2F)nc2ccc(C(=O)OC(=O)c3ccc4nc(Cc5c(F)cc(-c6cccc(OCc7cnc(-n8ccnn8)cc7Cl)n6)c(F)c5F)n(CCOC)c4c3)cc21. The van der Waals surface area contributed by atoms with Crippen LogP contribution in [0.15, 0.2) is 134 Å². The lowest BCUT2D eigenvalue weighted by Crippen LogP contribution is -2.14. The third kappa shape index (κ3) is 12.8. The third-order valence-corrected chi connectivity index (χ3v) is 15.1. The van der Waals surface area contributed by atoms with E-state index in [1.54, 1.807) is 24.5 Å². The topological polar surface area (TPSA) is 229 Å². The van der Waals surface area contributed by atoms with Gasteiger partial charge in [-0.2, -0.15) is 0 Å². The van der Waals surface area contributed by atoms with Gasteiger partial charge in [0.05, 0.1) is 92.6 Å². The minimum Gasteiger partial charge on any atom is -0.473 e. The molecule has 0 atom stereocenters. The van der Waals surface area contributed by atoms with Crippen molar-refractivity contribution in [3.05, 3.63) is 224 Å². The van der Waals surface area contributed by atoms with Gasteiger partial charge in [0.25, 0.3) is 0 Å². The summed E-state index contributed by atoms with van der Waals surface area (Å²) in [6.45, 7) is 0.0790. The number of nitrogens with zero attached hydrogens (tertiary/aromatic N) is 14. The summed E-state index contributed by atoms with van der Waals surface area (Å²) < 4.78 is 130. The highest BCUT2D eigenvalue weighted by Gasteiger charge is 2.27. The summed E-state index contributed by atoms with van der Waals surface area (Å²) in [5, 5.41) is 15.9. The monoisotopic (exact) mass is 1280 g/mol. The lowest BCUT2D eigenvalue weighted by molar-refractivity contribution is 0.0397. The summed E-state index contributed by atoms with van der Waals surface area (Å²) in [5.74, 6) is -9.13. The van der Waals surface area contributed by atoms with Crippen LogP contribution in [0.2, 0.25) is 10.0 Å². The van der Waals surface area contributed by atoms with Gasteiger partial charge in [-0.25, -0.2) is 75.2 Å². The van der Waals surface area contributed by atoms with E-state index < -0.39 is 81.9 Å². The van der Waals surface area contributed by atoms with Gasteiger partial charge in [0.1, 0.15) is 36.5 Å². The van der Waals surface area contributed by atoms with Crippen LogP contribution in [0.25, 0.3) is 56.2 Å². The molecule has 12 aromatic rings. The first-order valence-corrected chi connectivity index (χ1v) is 28.2. The standard InChI is InChI=1S/C62H44Cl2F6N14O7/c1-87-19-17-81-49-21-33(9-11-47(49)75-53(81)25-37-43(65)23-39(59(69)57(37)67)45-5-3-7-55(77-45)89-31-35-29-71-51(27-41(35)63)83-15-13-73-79-83)61(85)91-62(86)34-10-12-48-50(22-34)82(18-20-88-2)54(76-48)26-38-44(66)24-40(60(70)58(38)68)46-6-4-8-56(78-46)90-32-36-30-72-52(28-42(36)64)84-16-14-74-80-84/h3-16,21-24,27-30H,17-20,25-26,31-32H2,1-2H3. The molecule has 0 N–H and O–H groups in total. The molecule has 0 aliphatic heterocycles. The Kier molecular flexibility index (Phi) is 17.6. The van der Waals surface area contributed by atoms with Crippen LogP contribution in [0.5, 0.6) is 11.8 Å². The molecule has 0 saturated heterocycles. The maximum absolute atomic E-state index is 16.1. The highest BCUT2D eigenvalue weighted by molar-refractivity contribution is 6.31. The van der Waals surface area contributed by atoms with E-state index in [9.17, 15) is 9.59 Å². The number of hydrogen-bond donors (Lipinski definition) is 0. The Bertz CT molecular complexity index is 4450. The summed E-state index contributed by atoms with van der Waals surface area (Å²) in [6, 6.07) is 21.7. The van der Waals surface area contributed by atoms with Gasteiger partial charge in [0.15, 0.2) is 34.9 Å². The molecule has 460 valence electrons. The van der Waals surface area contributed by atoms with Gasteiger partial charge < -0.3 is 32.8 Å². The number of benzene rings is 4. The Morgan fingerprint density at radius 3 is 1.36 bits per heavy atom. The van der Waals surface area contributed by atoms with E-state index >= 15 is 26.3 Å². The highest BCUT2D eigenvalue weighted by atomic mass is 35.5. The van der Waals surface area contributed by atoms with Crippen LogP contribution in [-0.2, 0) is 53.4 Å². The van der Waals surface area contributed by atoms with Crippen LogP contribution >= 0.6 is 23.2 Å². The Hall–Kier alpha value is -10.5. The van der Waals surface area contributed by atoms with Gasteiger partial charge in [-0.1, -0.05) is 45.8 Å². The number of esters is 2. The molecular weight excluding hydrogens is 1240 g/mol. The summed E-state index contributed by atoms with van der Waals surface area (Å²) in [4.78, 5) is 53.9. The minimum absolute atomic E-state index is 0.00235. The Morgan fingerprint density at radius 1 is 0.527 bits per heavy atom. The number of rotatable bonds is 22. The Balaban J connectivity index is 0.736. The van der Waals surface area contributed by atoms with Crippen LogP contribution in [0.4, 0.5) is 26.3 Å². The first-order valence-electron chi connectivity index (χ1n) is 27.4. The predicted molar refractivity (Wildman–Crippen MR) is 315 cm³/mol. The zero-order valence-electron chi connectivity index (χ0n) is 47.5. The molecule has 0 saturated carbocycles. The summed E-state index contributed by atoms with van der Waals surface area (Å²) in [5.41, 5.74) is -0.642. The average Bonchev–Trinajstić information content (AvgIpc) is 1.77. The van der Waals surface area contributed by atoms with Crippen molar-refractivity contribution >= 4 is 57.2 Å². The Morgan fingerprint density at radius 2 is 0.967 bits per heavy atom. The van der Waals surface area contributed by atoms with Crippen LogP contribution in [-0.4, -0.2) is 108 Å². The van der Waals surface area contributed by atoms with E-state index in [-0.39, 0.29) is 108 Å². The molecule has 0 amide bonds. The van der Waals surface area contributed by atoms with E-state index in [0.717, 1.165) is 12.1 Å². The second-order valence-electron chi connectivity index (χ2n) is 20.1. The van der Waals surface area contributed by atoms with Gasteiger partial charge in [-0.05, 0) is 60.7 Å². The number of aromatic nitrogens is 14. The Labute approximate surface area is 520 Å². The number of hydrogen-bond acceptors (Lipinski definition) is 17. The molecule has 0 aliphatic carbocycles. The van der Waals surface area contributed by atoms with Crippen molar-refractivity contribution in [2.45, 2.75) is 39.1 Å². The average molecular weight is 1280 g/mol. The van der Waals surface area contributed by atoms with Gasteiger partial charge in [0, 0.05) is 110 Å². The van der Waals surface area contributed by atoms with Crippen molar-refractivity contribution in [1.29, 1.82) is 0 Å². The first kappa shape index (κ1) is 60.8. The molecule has 0 radical (unpaired) electrons. The zero-order valence-corrected chi connectivity index (χ0v) is 49.0. The van der Waals surface area contributed by atoms with Crippen LogP contribution in [0, 0.1) is 34.9 Å². The minimum atomic E-state index is -1.49. The maximum atomic E-state index is 16.1. The number of fused-ring (bicyclic) bond motifs is 2. The van der Waals surface area contributed by atoms with Crippen molar-refractivity contribution in [1.82, 2.24) is 69.0 Å².